The number of likely N-dealkylation sites (tertiary alicyclic amines) is 1. The van der Waals surface area contributed by atoms with Gasteiger partial charge in [0, 0.05) is 42.6 Å². The van der Waals surface area contributed by atoms with E-state index in [0.29, 0.717) is 29.2 Å². The van der Waals surface area contributed by atoms with E-state index in [0.717, 1.165) is 73.4 Å². The van der Waals surface area contributed by atoms with Crippen molar-refractivity contribution in [2.24, 2.45) is 30.7 Å². The van der Waals surface area contributed by atoms with E-state index in [1.165, 1.54) is 48.6 Å². The van der Waals surface area contributed by atoms with Gasteiger partial charge in [-0.2, -0.15) is 0 Å². The van der Waals surface area contributed by atoms with Crippen LogP contribution in [0.25, 0.3) is 33.5 Å². The number of ether oxygens (including phenoxy) is 1. The first-order chi connectivity index (χ1) is 20.5. The molecular formula is C35H43N5O2. The molecule has 220 valence electrons. The van der Waals surface area contributed by atoms with Crippen LogP contribution in [0.5, 0.6) is 5.75 Å². The summed E-state index contributed by atoms with van der Waals surface area (Å²) in [5, 5.41) is 4.77. The van der Waals surface area contributed by atoms with Crippen molar-refractivity contribution in [1.82, 2.24) is 24.3 Å². The van der Waals surface area contributed by atoms with Crippen LogP contribution in [0.1, 0.15) is 61.4 Å². The number of rotatable bonds is 7. The molecule has 42 heavy (non-hydrogen) atoms. The summed E-state index contributed by atoms with van der Waals surface area (Å²) in [5.41, 5.74) is 6.35. The van der Waals surface area contributed by atoms with E-state index in [1.54, 1.807) is 7.11 Å². The number of aryl methyl sites for hydroxylation is 1. The van der Waals surface area contributed by atoms with Crippen molar-refractivity contribution in [2.45, 2.75) is 64.5 Å². The number of piperidine rings is 2. The zero-order valence-corrected chi connectivity index (χ0v) is 25.2. The molecule has 3 atom stereocenters. The Morgan fingerprint density at radius 1 is 1.02 bits per heavy atom. The Hall–Kier alpha value is -3.32. The van der Waals surface area contributed by atoms with Crippen LogP contribution in [0.4, 0.5) is 0 Å². The summed E-state index contributed by atoms with van der Waals surface area (Å²) in [6, 6.07) is 13.7. The number of carbonyl (C=O) groups is 1. The van der Waals surface area contributed by atoms with Gasteiger partial charge < -0.3 is 24.1 Å². The molecule has 4 aliphatic rings. The molecule has 2 bridgehead atoms. The fraction of sp³-hybridized carbons (Fsp3) is 0.543. The van der Waals surface area contributed by atoms with Crippen LogP contribution in [-0.4, -0.2) is 57.7 Å². The number of imidazole rings is 1. The predicted molar refractivity (Wildman–Crippen MR) is 167 cm³/mol. The summed E-state index contributed by atoms with van der Waals surface area (Å²) < 4.78 is 10.6. The summed E-state index contributed by atoms with van der Waals surface area (Å²) in [7, 11) is 3.78. The Morgan fingerprint density at radius 3 is 2.57 bits per heavy atom. The van der Waals surface area contributed by atoms with Gasteiger partial charge in [0.2, 0.25) is 0 Å². The minimum Gasteiger partial charge on any atom is -0.494 e. The number of aromatic nitrogens is 3. The molecule has 4 aromatic rings. The van der Waals surface area contributed by atoms with E-state index in [2.05, 4.69) is 57.6 Å². The number of methoxy groups -OCH3 is 1. The summed E-state index contributed by atoms with van der Waals surface area (Å²) in [4.78, 5) is 21.1. The van der Waals surface area contributed by atoms with E-state index in [-0.39, 0.29) is 5.91 Å². The van der Waals surface area contributed by atoms with Crippen molar-refractivity contribution in [3.8, 4) is 17.3 Å². The Morgan fingerprint density at radius 2 is 1.86 bits per heavy atom. The molecule has 2 aliphatic heterocycles. The van der Waals surface area contributed by atoms with Crippen LogP contribution >= 0.6 is 0 Å². The third-order valence-corrected chi connectivity index (χ3v) is 11.0. The maximum absolute atomic E-state index is 13.8. The molecule has 0 spiro atoms. The highest BCUT2D eigenvalue weighted by atomic mass is 16.5. The second-order valence-electron chi connectivity index (χ2n) is 13.6. The average Bonchev–Trinajstić information content (AvgIpc) is 3.42. The van der Waals surface area contributed by atoms with Crippen molar-refractivity contribution < 1.29 is 9.53 Å². The number of hydrogen-bond donors (Lipinski definition) is 1. The highest BCUT2D eigenvalue weighted by Gasteiger charge is 2.46. The maximum Gasteiger partial charge on any atom is 0.254 e. The van der Waals surface area contributed by atoms with E-state index in [4.69, 9.17) is 9.72 Å². The molecular weight excluding hydrogens is 522 g/mol. The summed E-state index contributed by atoms with van der Waals surface area (Å²) >= 11 is 0. The smallest absolute Gasteiger partial charge is 0.254 e. The number of hydrogen-bond acceptors (Lipinski definition) is 4. The largest absolute Gasteiger partial charge is 0.494 e. The quantitative estimate of drug-likeness (QED) is 0.297. The van der Waals surface area contributed by atoms with Crippen LogP contribution in [0.3, 0.4) is 0 Å². The second kappa shape index (κ2) is 10.1. The van der Waals surface area contributed by atoms with Crippen LogP contribution in [-0.2, 0) is 20.0 Å². The zero-order valence-electron chi connectivity index (χ0n) is 25.2. The number of carbonyl (C=O) groups excluding carboxylic acids is 1. The first-order valence-electron chi connectivity index (χ1n) is 16.2. The van der Waals surface area contributed by atoms with Crippen molar-refractivity contribution in [1.29, 1.82) is 0 Å². The van der Waals surface area contributed by atoms with Gasteiger partial charge in [-0.05, 0) is 112 Å². The number of amides is 1. The lowest BCUT2D eigenvalue weighted by Crippen LogP contribution is -2.38. The molecule has 7 nitrogen and oxygen atoms in total. The molecule has 1 amide bonds. The monoisotopic (exact) mass is 565 g/mol. The summed E-state index contributed by atoms with van der Waals surface area (Å²) in [6.45, 7) is 6.48. The van der Waals surface area contributed by atoms with Crippen LogP contribution in [0.2, 0.25) is 0 Å². The Kier molecular flexibility index (Phi) is 6.36. The van der Waals surface area contributed by atoms with Crippen LogP contribution in [0, 0.1) is 23.7 Å². The van der Waals surface area contributed by atoms with Gasteiger partial charge in [-0.3, -0.25) is 4.79 Å². The lowest BCUT2D eigenvalue weighted by atomic mass is 9.91. The number of nitrogens with zero attached hydrogens (tertiary/aromatic N) is 4. The zero-order chi connectivity index (χ0) is 28.5. The predicted octanol–water partition coefficient (Wildman–Crippen LogP) is 6.03. The maximum atomic E-state index is 13.8. The van der Waals surface area contributed by atoms with E-state index < -0.39 is 0 Å². The molecule has 7 heteroatoms. The van der Waals surface area contributed by atoms with E-state index >= 15 is 0 Å². The molecule has 2 aromatic carbocycles. The van der Waals surface area contributed by atoms with Crippen molar-refractivity contribution in [3.05, 3.63) is 47.5 Å². The van der Waals surface area contributed by atoms with Crippen molar-refractivity contribution >= 4 is 27.8 Å². The number of fused-ring (bicyclic) bond motifs is 4. The van der Waals surface area contributed by atoms with Gasteiger partial charge in [-0.1, -0.05) is 19.1 Å². The van der Waals surface area contributed by atoms with Crippen molar-refractivity contribution in [2.75, 3.05) is 26.7 Å². The van der Waals surface area contributed by atoms with Gasteiger partial charge in [0.05, 0.1) is 18.3 Å². The average molecular weight is 566 g/mol. The molecule has 4 heterocycles. The fourth-order valence-corrected chi connectivity index (χ4v) is 8.31. The third-order valence-electron chi connectivity index (χ3n) is 11.0. The van der Waals surface area contributed by atoms with Gasteiger partial charge >= 0.3 is 0 Å². The topological polar surface area (TPSA) is 64.3 Å². The van der Waals surface area contributed by atoms with E-state index in [1.807, 2.05) is 12.1 Å². The number of nitrogens with one attached hydrogen (secondary N) is 1. The summed E-state index contributed by atoms with van der Waals surface area (Å²) in [6.07, 6.45) is 8.64. The van der Waals surface area contributed by atoms with Gasteiger partial charge in [-0.25, -0.2) is 4.98 Å². The second-order valence-corrected chi connectivity index (χ2v) is 13.6. The van der Waals surface area contributed by atoms with E-state index in [9.17, 15) is 4.79 Å². The van der Waals surface area contributed by atoms with Crippen molar-refractivity contribution in [3.63, 3.8) is 0 Å². The Labute approximate surface area is 248 Å². The van der Waals surface area contributed by atoms with Crippen LogP contribution < -0.4 is 10.1 Å². The van der Waals surface area contributed by atoms with Gasteiger partial charge in [-0.15, -0.1) is 0 Å². The first kappa shape index (κ1) is 26.3. The minimum absolute atomic E-state index is 0.116. The highest BCUT2D eigenvalue weighted by molar-refractivity contribution is 6.00. The molecule has 4 fully saturated rings. The first-order valence-corrected chi connectivity index (χ1v) is 16.2. The molecule has 2 aliphatic carbocycles. The van der Waals surface area contributed by atoms with Gasteiger partial charge in [0.25, 0.3) is 5.91 Å². The third kappa shape index (κ3) is 4.34. The lowest BCUT2D eigenvalue weighted by Gasteiger charge is -2.27. The number of benzene rings is 2. The molecule has 8 rings (SSSR count). The molecule has 2 saturated carbocycles. The molecule has 2 saturated heterocycles. The van der Waals surface area contributed by atoms with Gasteiger partial charge in [0.15, 0.2) is 5.82 Å². The Balaban J connectivity index is 1.19. The SMILES string of the molecule is COc1cc(C(=O)N2CC3CCC2[C@@H]3C)cc2nc(-c3cc4ccc(CC5CCNCC5)cc4n3CC3CC3)n(C)c12. The molecule has 1 N–H and O–H groups in total. The fourth-order valence-electron chi connectivity index (χ4n) is 8.31. The van der Waals surface area contributed by atoms with Gasteiger partial charge in [0.1, 0.15) is 11.3 Å². The molecule has 2 aromatic heterocycles. The normalized spacial score (nSPS) is 24.4. The minimum atomic E-state index is 0.116. The molecule has 2 unspecified atom stereocenters. The lowest BCUT2D eigenvalue weighted by molar-refractivity contribution is 0.0696. The standard InChI is InChI=1S/C35H43N5O2/c1-21-26-8-9-29(21)40(20-26)35(41)27-16-28-33(32(18-27)42-3)38(2)34(37-28)31-17-25-7-6-24(14-22-10-12-36-13-11-22)15-30(25)39(31)19-23-4-5-23/h6-7,15-18,21-23,26,29,36H,4-5,8-14,19-20H2,1-3H3/t21-,26?,29?/m1/s1. The van der Waals surface area contributed by atoms with Crippen LogP contribution in [0.15, 0.2) is 36.4 Å². The molecule has 0 radical (unpaired) electrons. The Bertz CT molecular complexity index is 1670. The summed E-state index contributed by atoms with van der Waals surface area (Å²) in [5.74, 6) is 4.49. The highest BCUT2D eigenvalue weighted by Crippen LogP contribution is 2.44.